The molecule has 0 radical (unpaired) electrons. The predicted octanol–water partition coefficient (Wildman–Crippen LogP) is 2.25. The van der Waals surface area contributed by atoms with Crippen molar-refractivity contribution in [2.45, 2.75) is 36.6 Å². The van der Waals surface area contributed by atoms with Gasteiger partial charge in [-0.15, -0.1) is 0 Å². The van der Waals surface area contributed by atoms with Crippen molar-refractivity contribution >= 4 is 27.2 Å². The first-order chi connectivity index (χ1) is 15.5. The van der Waals surface area contributed by atoms with E-state index in [1.807, 2.05) is 0 Å². The number of pyridine rings is 1. The average Bonchev–Trinajstić information content (AvgIpc) is 3.23. The maximum Gasteiger partial charge on any atom is 0.421 e. The smallest absolute Gasteiger partial charge is 0.406 e. The highest BCUT2D eigenvalue weighted by molar-refractivity contribution is 7.90. The van der Waals surface area contributed by atoms with Crippen LogP contribution >= 0.6 is 0 Å². The van der Waals surface area contributed by atoms with E-state index in [1.54, 1.807) is 41.1 Å². The third kappa shape index (κ3) is 3.53. The Kier molecular flexibility index (Phi) is 5.34. The Hall–Kier alpha value is -2.98. The summed E-state index contributed by atoms with van der Waals surface area (Å²) in [6.45, 7) is 2.68. The number of likely N-dealkylation sites (tertiary alicyclic amines) is 1. The quantitative estimate of drug-likeness (QED) is 0.524. The number of nitrogens with zero attached hydrogens (tertiary/aromatic N) is 4. The molecule has 0 spiro atoms. The summed E-state index contributed by atoms with van der Waals surface area (Å²) < 4.78 is 33.2. The summed E-state index contributed by atoms with van der Waals surface area (Å²) in [6.07, 6.45) is 4.69. The van der Waals surface area contributed by atoms with Crippen molar-refractivity contribution in [1.29, 1.82) is 0 Å². The van der Waals surface area contributed by atoms with Crippen LogP contribution < -0.4 is 5.76 Å². The minimum Gasteiger partial charge on any atom is -0.406 e. The number of carbonyl (C=O) groups excluding carboxylic acids is 1. The van der Waals surface area contributed by atoms with Crippen LogP contribution in [0.1, 0.15) is 42.1 Å². The largest absolute Gasteiger partial charge is 0.421 e. The van der Waals surface area contributed by atoms with E-state index in [4.69, 9.17) is 4.42 Å². The van der Waals surface area contributed by atoms with E-state index in [0.717, 1.165) is 43.2 Å². The molecule has 9 nitrogen and oxygen atoms in total. The lowest BCUT2D eigenvalue weighted by molar-refractivity contribution is 0.0868. The van der Waals surface area contributed by atoms with Crippen LogP contribution in [0.4, 0.5) is 0 Å². The molecule has 5 rings (SSSR count). The molecule has 2 aliphatic heterocycles. The number of oxazole rings is 1. The van der Waals surface area contributed by atoms with Gasteiger partial charge >= 0.3 is 5.76 Å². The van der Waals surface area contributed by atoms with Gasteiger partial charge in [-0.05, 0) is 56.5 Å². The van der Waals surface area contributed by atoms with Crippen molar-refractivity contribution in [3.05, 3.63) is 58.7 Å². The Labute approximate surface area is 185 Å². The Morgan fingerprint density at radius 1 is 1.00 bits per heavy atom. The van der Waals surface area contributed by atoms with Crippen LogP contribution in [-0.4, -0.2) is 59.3 Å². The SMILES string of the molecule is O=C1c2ccccc2S(=O)(=O)N1CCCCN1CCC(n2c(=O)oc3cccnc32)CC1. The third-order valence-corrected chi connectivity index (χ3v) is 8.13. The van der Waals surface area contributed by atoms with Gasteiger partial charge in [0, 0.05) is 31.9 Å². The first-order valence-electron chi connectivity index (χ1n) is 10.8. The molecule has 0 aliphatic carbocycles. The molecule has 2 aromatic heterocycles. The molecule has 1 amide bonds. The van der Waals surface area contributed by atoms with Gasteiger partial charge in [-0.1, -0.05) is 12.1 Å². The predicted molar refractivity (Wildman–Crippen MR) is 117 cm³/mol. The van der Waals surface area contributed by atoms with Crippen LogP contribution in [0.3, 0.4) is 0 Å². The zero-order chi connectivity index (χ0) is 22.3. The molecular formula is C22H24N4O5S. The zero-order valence-electron chi connectivity index (χ0n) is 17.5. The van der Waals surface area contributed by atoms with Crippen LogP contribution in [0, 0.1) is 0 Å². The summed E-state index contributed by atoms with van der Waals surface area (Å²) in [5, 5.41) is 0. The number of piperidine rings is 1. The van der Waals surface area contributed by atoms with E-state index in [9.17, 15) is 18.0 Å². The lowest BCUT2D eigenvalue weighted by Crippen LogP contribution is -2.37. The summed E-state index contributed by atoms with van der Waals surface area (Å²) >= 11 is 0. The van der Waals surface area contributed by atoms with Crippen LogP contribution in [0.5, 0.6) is 0 Å². The summed E-state index contributed by atoms with van der Waals surface area (Å²) in [6, 6.07) is 9.90. The molecule has 0 saturated carbocycles. The average molecular weight is 457 g/mol. The Morgan fingerprint density at radius 3 is 2.53 bits per heavy atom. The van der Waals surface area contributed by atoms with Crippen molar-refractivity contribution in [1.82, 2.24) is 18.8 Å². The molecule has 32 heavy (non-hydrogen) atoms. The molecule has 2 aliphatic rings. The number of fused-ring (bicyclic) bond motifs is 2. The summed E-state index contributed by atoms with van der Waals surface area (Å²) in [7, 11) is -3.73. The molecule has 3 aromatic rings. The second-order valence-electron chi connectivity index (χ2n) is 8.22. The van der Waals surface area contributed by atoms with Crippen molar-refractivity contribution in [2.24, 2.45) is 0 Å². The number of rotatable bonds is 6. The first kappa shape index (κ1) is 20.9. The van der Waals surface area contributed by atoms with Gasteiger partial charge in [-0.2, -0.15) is 0 Å². The molecule has 10 heteroatoms. The number of sulfonamides is 1. The maximum atomic E-state index is 12.6. The molecule has 1 saturated heterocycles. The highest BCUT2D eigenvalue weighted by Gasteiger charge is 2.40. The normalized spacial score (nSPS) is 19.0. The summed E-state index contributed by atoms with van der Waals surface area (Å²) in [5.74, 6) is -0.803. The van der Waals surface area contributed by atoms with E-state index >= 15 is 0 Å². The number of hydrogen-bond donors (Lipinski definition) is 0. The van der Waals surface area contributed by atoms with Crippen molar-refractivity contribution in [3.63, 3.8) is 0 Å². The number of hydrogen-bond acceptors (Lipinski definition) is 7. The summed E-state index contributed by atoms with van der Waals surface area (Å²) in [4.78, 5) is 31.5. The number of benzene rings is 1. The molecule has 1 aromatic carbocycles. The van der Waals surface area contributed by atoms with Gasteiger partial charge in [0.2, 0.25) is 0 Å². The summed E-state index contributed by atoms with van der Waals surface area (Å²) in [5.41, 5.74) is 1.35. The highest BCUT2D eigenvalue weighted by Crippen LogP contribution is 2.30. The van der Waals surface area contributed by atoms with Gasteiger partial charge in [-0.3, -0.25) is 9.36 Å². The third-order valence-electron chi connectivity index (χ3n) is 6.29. The number of carbonyl (C=O) groups is 1. The van der Waals surface area contributed by atoms with Crippen molar-refractivity contribution < 1.29 is 17.6 Å². The molecule has 0 N–H and O–H groups in total. The zero-order valence-corrected chi connectivity index (χ0v) is 18.3. The van der Waals surface area contributed by atoms with Gasteiger partial charge in [0.1, 0.15) is 4.90 Å². The van der Waals surface area contributed by atoms with Gasteiger partial charge in [0.15, 0.2) is 11.2 Å². The van der Waals surface area contributed by atoms with Crippen molar-refractivity contribution in [3.8, 4) is 0 Å². The van der Waals surface area contributed by atoms with Gasteiger partial charge in [-0.25, -0.2) is 22.5 Å². The van der Waals surface area contributed by atoms with Crippen LogP contribution in [0.2, 0.25) is 0 Å². The van der Waals surface area contributed by atoms with Crippen LogP contribution in [0.15, 0.2) is 56.7 Å². The maximum absolute atomic E-state index is 12.6. The fourth-order valence-electron chi connectivity index (χ4n) is 4.64. The fraction of sp³-hybridized carbons (Fsp3) is 0.409. The minimum absolute atomic E-state index is 0.0563. The molecule has 0 atom stereocenters. The van der Waals surface area contributed by atoms with E-state index < -0.39 is 15.9 Å². The second-order valence-corrected chi connectivity index (χ2v) is 10.1. The van der Waals surface area contributed by atoms with E-state index in [1.165, 1.54) is 6.07 Å². The number of amides is 1. The Bertz CT molecular complexity index is 1320. The highest BCUT2D eigenvalue weighted by atomic mass is 32.2. The standard InChI is InChI=1S/C22H24N4O5S/c27-21-17-6-1-2-8-19(17)32(29,30)25(21)13-4-3-12-24-14-9-16(10-15-24)26-20-18(31-22(26)28)7-5-11-23-20/h1-2,5-8,11,16H,3-4,9-10,12-15H2. The van der Waals surface area contributed by atoms with Gasteiger partial charge in [0.25, 0.3) is 15.9 Å². The van der Waals surface area contributed by atoms with E-state index in [0.29, 0.717) is 17.7 Å². The molecule has 1 fully saturated rings. The Balaban J connectivity index is 1.13. The van der Waals surface area contributed by atoms with Gasteiger partial charge < -0.3 is 9.32 Å². The topological polar surface area (TPSA) is 106 Å². The first-order valence-corrected chi connectivity index (χ1v) is 12.3. The fourth-order valence-corrected chi connectivity index (χ4v) is 6.25. The minimum atomic E-state index is -3.73. The number of aromatic nitrogens is 2. The molecule has 4 heterocycles. The van der Waals surface area contributed by atoms with Crippen LogP contribution in [-0.2, 0) is 10.0 Å². The van der Waals surface area contributed by atoms with Gasteiger partial charge in [0.05, 0.1) is 5.56 Å². The van der Waals surface area contributed by atoms with Crippen LogP contribution in [0.25, 0.3) is 11.2 Å². The van der Waals surface area contributed by atoms with E-state index in [2.05, 4.69) is 9.88 Å². The molecular weight excluding hydrogens is 432 g/mol. The van der Waals surface area contributed by atoms with Crippen molar-refractivity contribution in [2.75, 3.05) is 26.2 Å². The molecule has 0 bridgehead atoms. The monoisotopic (exact) mass is 456 g/mol. The molecule has 168 valence electrons. The lowest BCUT2D eigenvalue weighted by atomic mass is 10.0. The number of unbranched alkanes of at least 4 members (excludes halogenated alkanes) is 1. The molecule has 0 unspecified atom stereocenters. The van der Waals surface area contributed by atoms with E-state index in [-0.39, 0.29) is 28.8 Å². The second kappa shape index (κ2) is 8.18. The lowest BCUT2D eigenvalue weighted by Gasteiger charge is -2.32. The Morgan fingerprint density at radius 2 is 1.75 bits per heavy atom.